The standard InChI is InChI=1S/C19H19N5O3/c1-26-14-5-2-4-13(10-14)15-6-7-18(25)24(23-15)17-12-27-11-16(17)22-19-20-8-3-9-21-19/h2-10,16-17H,11-12H2,1H3,(H,20,21,22). The number of methoxy groups -OCH3 is 1. The molecule has 8 nitrogen and oxygen atoms in total. The summed E-state index contributed by atoms with van der Waals surface area (Å²) < 4.78 is 12.3. The molecule has 1 N–H and O–H groups in total. The van der Waals surface area contributed by atoms with Crippen molar-refractivity contribution in [3.63, 3.8) is 0 Å². The van der Waals surface area contributed by atoms with Crippen molar-refractivity contribution in [1.29, 1.82) is 0 Å². The van der Waals surface area contributed by atoms with Gasteiger partial charge >= 0.3 is 0 Å². The number of ether oxygens (including phenoxy) is 2. The van der Waals surface area contributed by atoms with E-state index < -0.39 is 0 Å². The third-order valence-electron chi connectivity index (χ3n) is 4.44. The maximum atomic E-state index is 12.5. The van der Waals surface area contributed by atoms with Crippen molar-refractivity contribution in [2.45, 2.75) is 12.1 Å². The minimum Gasteiger partial charge on any atom is -0.497 e. The van der Waals surface area contributed by atoms with Crippen molar-refractivity contribution in [2.24, 2.45) is 0 Å². The fourth-order valence-corrected chi connectivity index (χ4v) is 3.06. The number of nitrogens with one attached hydrogen (secondary N) is 1. The first-order valence-corrected chi connectivity index (χ1v) is 8.60. The van der Waals surface area contributed by atoms with Crippen LogP contribution >= 0.6 is 0 Å². The van der Waals surface area contributed by atoms with E-state index in [0.717, 1.165) is 11.3 Å². The largest absolute Gasteiger partial charge is 0.497 e. The van der Waals surface area contributed by atoms with E-state index in [1.807, 2.05) is 24.3 Å². The summed E-state index contributed by atoms with van der Waals surface area (Å²) in [5.41, 5.74) is 1.38. The SMILES string of the molecule is COc1cccc(-c2ccc(=O)n(C3COCC3Nc3ncccn3)n2)c1. The van der Waals surface area contributed by atoms with Crippen LogP contribution in [0.1, 0.15) is 6.04 Å². The minimum atomic E-state index is -0.258. The van der Waals surface area contributed by atoms with Gasteiger partial charge in [0, 0.05) is 24.0 Å². The van der Waals surface area contributed by atoms with E-state index in [2.05, 4.69) is 20.4 Å². The Bertz CT molecular complexity index is 976. The minimum absolute atomic E-state index is 0.154. The van der Waals surface area contributed by atoms with Crippen LogP contribution in [0.2, 0.25) is 0 Å². The van der Waals surface area contributed by atoms with Crippen LogP contribution in [-0.2, 0) is 4.74 Å². The molecular weight excluding hydrogens is 346 g/mol. The van der Waals surface area contributed by atoms with Gasteiger partial charge in [0.1, 0.15) is 11.8 Å². The van der Waals surface area contributed by atoms with Gasteiger partial charge in [0.25, 0.3) is 5.56 Å². The van der Waals surface area contributed by atoms with Gasteiger partial charge in [-0.05, 0) is 24.3 Å². The van der Waals surface area contributed by atoms with Crippen LogP contribution < -0.4 is 15.6 Å². The summed E-state index contributed by atoms with van der Waals surface area (Å²) in [7, 11) is 1.62. The quantitative estimate of drug-likeness (QED) is 0.737. The molecule has 0 spiro atoms. The third-order valence-corrected chi connectivity index (χ3v) is 4.44. The molecule has 0 saturated carbocycles. The highest BCUT2D eigenvalue weighted by Gasteiger charge is 2.32. The van der Waals surface area contributed by atoms with Crippen LogP contribution in [0.5, 0.6) is 5.75 Å². The molecule has 1 aliphatic heterocycles. The average molecular weight is 365 g/mol. The molecule has 2 unspecified atom stereocenters. The zero-order chi connectivity index (χ0) is 18.6. The number of nitrogens with zero attached hydrogens (tertiary/aromatic N) is 4. The summed E-state index contributed by atoms with van der Waals surface area (Å²) in [5, 5.41) is 7.81. The van der Waals surface area contributed by atoms with Gasteiger partial charge < -0.3 is 14.8 Å². The topological polar surface area (TPSA) is 91.2 Å². The second-order valence-corrected chi connectivity index (χ2v) is 6.16. The fourth-order valence-electron chi connectivity index (χ4n) is 3.06. The van der Waals surface area contributed by atoms with Crippen LogP contribution in [0.3, 0.4) is 0 Å². The van der Waals surface area contributed by atoms with Crippen molar-refractivity contribution < 1.29 is 9.47 Å². The molecule has 4 rings (SSSR count). The molecule has 0 bridgehead atoms. The van der Waals surface area contributed by atoms with Crippen molar-refractivity contribution in [3.8, 4) is 17.0 Å². The second kappa shape index (κ2) is 7.55. The van der Waals surface area contributed by atoms with E-state index in [1.54, 1.807) is 31.6 Å². The first-order chi connectivity index (χ1) is 13.2. The normalized spacial score (nSPS) is 19.0. The zero-order valence-corrected chi connectivity index (χ0v) is 14.8. The summed E-state index contributed by atoms with van der Waals surface area (Å²) in [6.07, 6.45) is 3.32. The molecule has 3 aromatic rings. The van der Waals surface area contributed by atoms with Crippen LogP contribution in [0.4, 0.5) is 5.95 Å². The molecule has 8 heteroatoms. The van der Waals surface area contributed by atoms with Gasteiger partial charge in [0.05, 0.1) is 32.1 Å². The summed E-state index contributed by atoms with van der Waals surface area (Å²) in [4.78, 5) is 20.8. The van der Waals surface area contributed by atoms with Gasteiger partial charge in [-0.15, -0.1) is 0 Å². The molecule has 1 fully saturated rings. The summed E-state index contributed by atoms with van der Waals surface area (Å²) in [6, 6.07) is 12.1. The molecule has 2 aromatic heterocycles. The van der Waals surface area contributed by atoms with E-state index in [4.69, 9.17) is 9.47 Å². The monoisotopic (exact) mass is 365 g/mol. The Balaban J connectivity index is 1.65. The third kappa shape index (κ3) is 3.65. The molecule has 138 valence electrons. The Morgan fingerprint density at radius 3 is 2.81 bits per heavy atom. The van der Waals surface area contributed by atoms with Gasteiger partial charge in [-0.25, -0.2) is 14.6 Å². The molecule has 1 aromatic carbocycles. The maximum absolute atomic E-state index is 12.5. The molecular formula is C19H19N5O3. The zero-order valence-electron chi connectivity index (χ0n) is 14.8. The first-order valence-electron chi connectivity index (χ1n) is 8.60. The molecule has 0 amide bonds. The van der Waals surface area contributed by atoms with Crippen molar-refractivity contribution in [2.75, 3.05) is 25.6 Å². The predicted octanol–water partition coefficient (Wildman–Crippen LogP) is 1.76. The Labute approximate surface area is 155 Å². The lowest BCUT2D eigenvalue weighted by molar-refractivity contribution is 0.183. The van der Waals surface area contributed by atoms with Crippen LogP contribution in [0, 0.1) is 0 Å². The van der Waals surface area contributed by atoms with Crippen LogP contribution in [0.25, 0.3) is 11.3 Å². The number of hydrogen-bond donors (Lipinski definition) is 1. The van der Waals surface area contributed by atoms with Crippen molar-refractivity contribution in [1.82, 2.24) is 19.7 Å². The molecule has 1 saturated heterocycles. The number of hydrogen-bond acceptors (Lipinski definition) is 7. The lowest BCUT2D eigenvalue weighted by Crippen LogP contribution is -2.37. The van der Waals surface area contributed by atoms with E-state index in [0.29, 0.717) is 24.9 Å². The van der Waals surface area contributed by atoms with Gasteiger partial charge in [-0.3, -0.25) is 4.79 Å². The summed E-state index contributed by atoms with van der Waals surface area (Å²) in [6.45, 7) is 0.833. The van der Waals surface area contributed by atoms with Gasteiger partial charge in [-0.2, -0.15) is 5.10 Å². The molecule has 0 aliphatic carbocycles. The molecule has 1 aliphatic rings. The van der Waals surface area contributed by atoms with Gasteiger partial charge in [0.15, 0.2) is 0 Å². The number of aromatic nitrogens is 4. The van der Waals surface area contributed by atoms with Crippen molar-refractivity contribution in [3.05, 3.63) is 65.2 Å². The lowest BCUT2D eigenvalue weighted by Gasteiger charge is -2.20. The Morgan fingerprint density at radius 1 is 1.15 bits per heavy atom. The lowest BCUT2D eigenvalue weighted by atomic mass is 10.1. The smallest absolute Gasteiger partial charge is 0.267 e. The van der Waals surface area contributed by atoms with Crippen molar-refractivity contribution >= 4 is 5.95 Å². The summed E-state index contributed by atoms with van der Waals surface area (Å²) >= 11 is 0. The van der Waals surface area contributed by atoms with E-state index in [1.165, 1.54) is 10.7 Å². The summed E-state index contributed by atoms with van der Waals surface area (Å²) in [5.74, 6) is 1.23. The highest BCUT2D eigenvalue weighted by atomic mass is 16.5. The van der Waals surface area contributed by atoms with E-state index >= 15 is 0 Å². The number of rotatable bonds is 5. The average Bonchev–Trinajstić information content (AvgIpc) is 3.17. The van der Waals surface area contributed by atoms with Gasteiger partial charge in [0.2, 0.25) is 5.95 Å². The maximum Gasteiger partial charge on any atom is 0.267 e. The number of anilines is 1. The van der Waals surface area contributed by atoms with Crippen LogP contribution in [-0.4, -0.2) is 46.1 Å². The molecule has 2 atom stereocenters. The Hall–Kier alpha value is -3.26. The fraction of sp³-hybridized carbons (Fsp3) is 0.263. The van der Waals surface area contributed by atoms with E-state index in [9.17, 15) is 4.79 Å². The second-order valence-electron chi connectivity index (χ2n) is 6.16. The predicted molar refractivity (Wildman–Crippen MR) is 99.8 cm³/mol. The van der Waals surface area contributed by atoms with Crippen LogP contribution in [0.15, 0.2) is 59.7 Å². The Kier molecular flexibility index (Phi) is 4.80. The van der Waals surface area contributed by atoms with E-state index in [-0.39, 0.29) is 17.6 Å². The molecule has 3 heterocycles. The highest BCUT2D eigenvalue weighted by molar-refractivity contribution is 5.60. The molecule has 27 heavy (non-hydrogen) atoms. The number of benzene rings is 1. The molecule has 0 radical (unpaired) electrons. The highest BCUT2D eigenvalue weighted by Crippen LogP contribution is 2.24. The van der Waals surface area contributed by atoms with Gasteiger partial charge in [-0.1, -0.05) is 12.1 Å². The first kappa shape index (κ1) is 17.2. The Morgan fingerprint density at radius 2 is 2.00 bits per heavy atom.